The maximum absolute atomic E-state index is 15.1. The van der Waals surface area contributed by atoms with Gasteiger partial charge in [-0.15, -0.1) is 5.10 Å². The number of anilines is 2. The van der Waals surface area contributed by atoms with E-state index in [0.29, 0.717) is 22.5 Å². The van der Waals surface area contributed by atoms with Gasteiger partial charge in [-0.2, -0.15) is 0 Å². The summed E-state index contributed by atoms with van der Waals surface area (Å²) in [5.41, 5.74) is 0.651. The van der Waals surface area contributed by atoms with E-state index in [1.165, 1.54) is 28.5 Å². The van der Waals surface area contributed by atoms with Gasteiger partial charge in [0.15, 0.2) is 11.6 Å². The second kappa shape index (κ2) is 10.9. The van der Waals surface area contributed by atoms with Crippen LogP contribution in [0, 0.1) is 5.82 Å². The Bertz CT molecular complexity index is 1740. The lowest BCUT2D eigenvalue weighted by Gasteiger charge is -2.21. The number of halogens is 2. The van der Waals surface area contributed by atoms with Gasteiger partial charge in [0.2, 0.25) is 0 Å². The SMILES string of the molecule is COc1nn(C)c(=O)n1-c1ccc(-c2c(F)cnc(N3CCN(c4cccc(C(=O)OC(C)(C)C)c4)C3=O)c2Cl)cc1. The Morgan fingerprint density at radius 2 is 1.71 bits per heavy atom. The van der Waals surface area contributed by atoms with E-state index in [9.17, 15) is 14.4 Å². The smallest absolute Gasteiger partial charge is 0.353 e. The molecule has 0 bridgehead atoms. The third-order valence-corrected chi connectivity index (χ3v) is 6.86. The van der Waals surface area contributed by atoms with Crippen molar-refractivity contribution < 1.29 is 23.5 Å². The zero-order valence-electron chi connectivity index (χ0n) is 23.6. The van der Waals surface area contributed by atoms with Crippen LogP contribution in [0.3, 0.4) is 0 Å². The number of rotatable bonds is 6. The van der Waals surface area contributed by atoms with Crippen molar-refractivity contribution in [1.82, 2.24) is 19.3 Å². The van der Waals surface area contributed by atoms with Gasteiger partial charge in [-0.3, -0.25) is 9.80 Å². The number of aryl methyl sites for hydroxylation is 1. The summed E-state index contributed by atoms with van der Waals surface area (Å²) < 4.78 is 28.2. The summed E-state index contributed by atoms with van der Waals surface area (Å²) in [6.45, 7) is 5.85. The third-order valence-electron chi connectivity index (χ3n) is 6.50. The molecule has 1 saturated heterocycles. The van der Waals surface area contributed by atoms with Crippen molar-refractivity contribution in [2.45, 2.75) is 26.4 Å². The molecular formula is C29H28ClFN6O5. The Balaban J connectivity index is 1.43. The lowest BCUT2D eigenvalue weighted by Crippen LogP contribution is -2.32. The number of urea groups is 1. The van der Waals surface area contributed by atoms with Crippen LogP contribution in [0.2, 0.25) is 5.02 Å². The molecule has 2 amide bonds. The number of aromatic nitrogens is 4. The lowest BCUT2D eigenvalue weighted by atomic mass is 10.1. The minimum Gasteiger partial charge on any atom is -0.467 e. The van der Waals surface area contributed by atoms with Crippen molar-refractivity contribution in [1.29, 1.82) is 0 Å². The molecule has 2 aromatic carbocycles. The Hall–Kier alpha value is -4.71. The predicted octanol–water partition coefficient (Wildman–Crippen LogP) is 4.84. The third kappa shape index (κ3) is 5.32. The fraction of sp³-hybridized carbons (Fsp3) is 0.276. The van der Waals surface area contributed by atoms with Crippen molar-refractivity contribution >= 4 is 35.1 Å². The van der Waals surface area contributed by atoms with Crippen LogP contribution in [0.1, 0.15) is 31.1 Å². The first-order valence-corrected chi connectivity index (χ1v) is 13.3. The molecule has 13 heteroatoms. The molecule has 0 aliphatic carbocycles. The molecule has 1 aliphatic rings. The molecule has 1 fully saturated rings. The van der Waals surface area contributed by atoms with Crippen molar-refractivity contribution in [3.63, 3.8) is 0 Å². The molecule has 2 aromatic heterocycles. The average Bonchev–Trinajstić information content (AvgIpc) is 3.46. The monoisotopic (exact) mass is 594 g/mol. The fourth-order valence-electron chi connectivity index (χ4n) is 4.59. The van der Waals surface area contributed by atoms with E-state index < -0.39 is 29.1 Å². The van der Waals surface area contributed by atoms with E-state index in [1.807, 2.05) is 0 Å². The molecule has 0 saturated carbocycles. The van der Waals surface area contributed by atoms with Crippen molar-refractivity contribution in [2.24, 2.45) is 7.05 Å². The summed E-state index contributed by atoms with van der Waals surface area (Å²) in [7, 11) is 2.90. The highest BCUT2D eigenvalue weighted by molar-refractivity contribution is 6.36. The van der Waals surface area contributed by atoms with E-state index in [-0.39, 0.29) is 35.5 Å². The molecule has 42 heavy (non-hydrogen) atoms. The van der Waals surface area contributed by atoms with Gasteiger partial charge < -0.3 is 9.47 Å². The largest absolute Gasteiger partial charge is 0.467 e. The zero-order chi connectivity index (χ0) is 30.3. The standard InChI is InChI=1S/C29H28ClFN6O5/c1-29(2,3)42-25(38)18-7-6-8-20(15-18)35-13-14-36(28(35)40)24-23(30)22(21(31)16-32-24)17-9-11-19(12-10-17)37-26(41-5)33-34(4)27(37)39/h6-12,15-16H,13-14H2,1-5H3. The number of esters is 1. The van der Waals surface area contributed by atoms with Crippen LogP contribution in [-0.2, 0) is 11.8 Å². The highest BCUT2D eigenvalue weighted by atomic mass is 35.5. The van der Waals surface area contributed by atoms with Crippen molar-refractivity contribution in [3.8, 4) is 22.8 Å². The molecule has 5 rings (SSSR count). The van der Waals surface area contributed by atoms with Crippen LogP contribution in [0.25, 0.3) is 16.8 Å². The van der Waals surface area contributed by atoms with Crippen molar-refractivity contribution in [3.05, 3.63) is 81.6 Å². The van der Waals surface area contributed by atoms with Gasteiger partial charge >= 0.3 is 23.7 Å². The van der Waals surface area contributed by atoms with E-state index in [4.69, 9.17) is 21.1 Å². The van der Waals surface area contributed by atoms with Gasteiger partial charge in [0.1, 0.15) is 5.60 Å². The Kier molecular flexibility index (Phi) is 7.50. The quantitative estimate of drug-likeness (QED) is 0.294. The molecule has 0 unspecified atom stereocenters. The van der Waals surface area contributed by atoms with Crippen LogP contribution in [0.5, 0.6) is 6.01 Å². The number of nitrogens with zero attached hydrogens (tertiary/aromatic N) is 6. The van der Waals surface area contributed by atoms with Gasteiger partial charge in [0.25, 0.3) is 0 Å². The topological polar surface area (TPSA) is 112 Å². The van der Waals surface area contributed by atoms with Crippen LogP contribution < -0.4 is 20.2 Å². The number of carbonyl (C=O) groups excluding carboxylic acids is 2. The highest BCUT2D eigenvalue weighted by Gasteiger charge is 2.34. The predicted molar refractivity (Wildman–Crippen MR) is 155 cm³/mol. The number of pyridine rings is 1. The minimum absolute atomic E-state index is 0.0448. The first-order chi connectivity index (χ1) is 19.9. The molecule has 11 nitrogen and oxygen atoms in total. The molecular weight excluding hydrogens is 567 g/mol. The first kappa shape index (κ1) is 28.8. The van der Waals surface area contributed by atoms with E-state index in [1.54, 1.807) is 69.3 Å². The summed E-state index contributed by atoms with van der Waals surface area (Å²) in [6, 6.07) is 12.7. The summed E-state index contributed by atoms with van der Waals surface area (Å²) in [6.07, 6.45) is 1.01. The number of benzene rings is 2. The first-order valence-electron chi connectivity index (χ1n) is 13.0. The van der Waals surface area contributed by atoms with E-state index in [2.05, 4.69) is 10.1 Å². The molecule has 0 N–H and O–H groups in total. The van der Waals surface area contributed by atoms with Gasteiger partial charge in [-0.05, 0) is 56.7 Å². The molecule has 0 radical (unpaired) electrons. The molecule has 0 spiro atoms. The highest BCUT2D eigenvalue weighted by Crippen LogP contribution is 2.38. The summed E-state index contributed by atoms with van der Waals surface area (Å²) in [4.78, 5) is 45.5. The van der Waals surface area contributed by atoms with Crippen LogP contribution in [0.15, 0.2) is 59.5 Å². The van der Waals surface area contributed by atoms with Gasteiger partial charge in [-0.25, -0.2) is 33.0 Å². The second-order valence-electron chi connectivity index (χ2n) is 10.5. The van der Waals surface area contributed by atoms with E-state index >= 15 is 4.39 Å². The van der Waals surface area contributed by atoms with Crippen LogP contribution >= 0.6 is 11.6 Å². The maximum atomic E-state index is 15.1. The number of hydrogen-bond acceptors (Lipinski definition) is 7. The average molecular weight is 595 g/mol. The number of methoxy groups -OCH3 is 1. The number of hydrogen-bond donors (Lipinski definition) is 0. The number of ether oxygens (including phenoxy) is 2. The Morgan fingerprint density at radius 3 is 2.38 bits per heavy atom. The molecule has 3 heterocycles. The molecule has 218 valence electrons. The Labute approximate surface area is 245 Å². The second-order valence-corrected chi connectivity index (χ2v) is 10.9. The molecule has 0 atom stereocenters. The molecule has 4 aromatic rings. The van der Waals surface area contributed by atoms with Crippen molar-refractivity contribution in [2.75, 3.05) is 30.0 Å². The Morgan fingerprint density at radius 1 is 1.02 bits per heavy atom. The summed E-state index contributed by atoms with van der Waals surface area (Å²) in [5, 5.41) is 3.98. The maximum Gasteiger partial charge on any atom is 0.353 e. The van der Waals surface area contributed by atoms with Crippen LogP contribution in [0.4, 0.5) is 20.7 Å². The summed E-state index contributed by atoms with van der Waals surface area (Å²) >= 11 is 6.68. The fourth-order valence-corrected chi connectivity index (χ4v) is 4.94. The van der Waals surface area contributed by atoms with Gasteiger partial charge in [0, 0.05) is 31.4 Å². The lowest BCUT2D eigenvalue weighted by molar-refractivity contribution is 0.00694. The zero-order valence-corrected chi connectivity index (χ0v) is 24.3. The van der Waals surface area contributed by atoms with Gasteiger partial charge in [-0.1, -0.05) is 29.8 Å². The normalized spacial score (nSPS) is 13.5. The number of amides is 2. The van der Waals surface area contributed by atoms with E-state index in [0.717, 1.165) is 10.9 Å². The summed E-state index contributed by atoms with van der Waals surface area (Å²) in [5.74, 6) is -1.09. The van der Waals surface area contributed by atoms with Crippen LogP contribution in [-0.4, -0.2) is 57.1 Å². The number of carbonyl (C=O) groups is 2. The molecule has 1 aliphatic heterocycles. The van der Waals surface area contributed by atoms with Gasteiger partial charge in [0.05, 0.1) is 29.6 Å². The minimum atomic E-state index is -0.679.